The minimum atomic E-state index is -0.334. The Morgan fingerprint density at radius 2 is 1.92 bits per heavy atom. The number of nitrogens with two attached hydrogens (primary N) is 1. The smallest absolute Gasteiger partial charge is 0.231 e. The number of ether oxygens (including phenoxy) is 2. The monoisotopic (exact) mass is 368 g/mol. The number of nitrogens with zero attached hydrogens (tertiary/aromatic N) is 3. The van der Waals surface area contributed by atoms with E-state index in [1.807, 2.05) is 53.1 Å². The first-order chi connectivity index (χ1) is 12.7. The molecule has 8 heteroatoms. The zero-order valence-electron chi connectivity index (χ0n) is 13.8. The van der Waals surface area contributed by atoms with E-state index >= 15 is 0 Å². The van der Waals surface area contributed by atoms with Crippen molar-refractivity contribution in [3.05, 3.63) is 48.5 Å². The number of thioether (sulfide) groups is 1. The number of hydrogen-bond acceptors (Lipinski definition) is 6. The summed E-state index contributed by atoms with van der Waals surface area (Å²) in [6, 6.07) is 15.5. The number of para-hydroxylation sites is 1. The molecule has 26 heavy (non-hydrogen) atoms. The molecule has 0 radical (unpaired) electrons. The highest BCUT2D eigenvalue weighted by atomic mass is 32.2. The molecule has 0 fully saturated rings. The fraction of sp³-hybridized carbons (Fsp3) is 0.167. The first-order valence-corrected chi connectivity index (χ1v) is 9.03. The van der Waals surface area contributed by atoms with Crippen molar-refractivity contribution in [1.82, 2.24) is 14.8 Å². The molecule has 132 valence electrons. The van der Waals surface area contributed by atoms with Crippen LogP contribution in [0.15, 0.2) is 53.7 Å². The van der Waals surface area contributed by atoms with Gasteiger partial charge < -0.3 is 15.2 Å². The Kier molecular flexibility index (Phi) is 4.49. The molecule has 2 aromatic carbocycles. The third-order valence-corrected chi connectivity index (χ3v) is 4.79. The predicted octanol–water partition coefficient (Wildman–Crippen LogP) is 2.63. The average Bonchev–Trinajstić information content (AvgIpc) is 3.28. The molecule has 0 unspecified atom stereocenters. The normalized spacial score (nSPS) is 12.3. The van der Waals surface area contributed by atoms with Gasteiger partial charge in [-0.15, -0.1) is 10.2 Å². The Labute approximate surface area is 154 Å². The van der Waals surface area contributed by atoms with Gasteiger partial charge in [0.1, 0.15) is 0 Å². The van der Waals surface area contributed by atoms with Crippen LogP contribution in [0, 0.1) is 0 Å². The molecule has 0 saturated heterocycles. The molecule has 1 aliphatic heterocycles. The van der Waals surface area contributed by atoms with E-state index < -0.39 is 0 Å². The van der Waals surface area contributed by atoms with Crippen molar-refractivity contribution in [2.45, 2.75) is 11.6 Å². The summed E-state index contributed by atoms with van der Waals surface area (Å²) in [5.41, 5.74) is 7.04. The summed E-state index contributed by atoms with van der Waals surface area (Å²) >= 11 is 1.44. The predicted molar refractivity (Wildman–Crippen MR) is 97.5 cm³/mol. The van der Waals surface area contributed by atoms with Crippen LogP contribution in [0.2, 0.25) is 0 Å². The number of amides is 1. The third kappa shape index (κ3) is 3.23. The molecule has 0 aliphatic carbocycles. The van der Waals surface area contributed by atoms with Gasteiger partial charge in [0.2, 0.25) is 12.7 Å². The van der Waals surface area contributed by atoms with Crippen molar-refractivity contribution >= 4 is 17.7 Å². The van der Waals surface area contributed by atoms with Gasteiger partial charge in [-0.05, 0) is 30.3 Å². The Morgan fingerprint density at radius 1 is 1.12 bits per heavy atom. The average molecular weight is 368 g/mol. The number of carbonyl (C=O) groups is 1. The summed E-state index contributed by atoms with van der Waals surface area (Å²) in [5, 5.41) is 9.38. The number of primary amides is 1. The van der Waals surface area contributed by atoms with Crippen LogP contribution < -0.4 is 15.2 Å². The van der Waals surface area contributed by atoms with Gasteiger partial charge >= 0.3 is 0 Å². The van der Waals surface area contributed by atoms with Crippen molar-refractivity contribution in [3.8, 4) is 28.6 Å². The van der Waals surface area contributed by atoms with Crippen LogP contribution in [-0.4, -0.2) is 33.2 Å². The second-order valence-electron chi connectivity index (χ2n) is 5.61. The second-order valence-corrected chi connectivity index (χ2v) is 6.67. The Morgan fingerprint density at radius 3 is 2.73 bits per heavy atom. The zero-order valence-corrected chi connectivity index (χ0v) is 14.6. The van der Waals surface area contributed by atoms with Gasteiger partial charge in [-0.25, -0.2) is 0 Å². The van der Waals surface area contributed by atoms with E-state index in [9.17, 15) is 4.79 Å². The lowest BCUT2D eigenvalue weighted by Crippen LogP contribution is -2.11. The molecular formula is C18H16N4O3S. The second kappa shape index (κ2) is 7.09. The molecule has 2 heterocycles. The maximum Gasteiger partial charge on any atom is 0.231 e. The van der Waals surface area contributed by atoms with Gasteiger partial charge in [0, 0.05) is 23.4 Å². The lowest BCUT2D eigenvalue weighted by atomic mass is 10.2. The highest BCUT2D eigenvalue weighted by Crippen LogP contribution is 2.37. The van der Waals surface area contributed by atoms with Crippen LogP contribution in [0.25, 0.3) is 17.1 Å². The van der Waals surface area contributed by atoms with Crippen LogP contribution in [0.4, 0.5) is 0 Å². The van der Waals surface area contributed by atoms with Crippen LogP contribution >= 0.6 is 11.8 Å². The molecule has 0 spiro atoms. The summed E-state index contributed by atoms with van der Waals surface area (Å²) in [6.45, 7) is 0.221. The number of aromatic nitrogens is 3. The van der Waals surface area contributed by atoms with E-state index in [2.05, 4.69) is 10.2 Å². The topological polar surface area (TPSA) is 92.3 Å². The summed E-state index contributed by atoms with van der Waals surface area (Å²) < 4.78 is 12.8. The molecule has 0 saturated carbocycles. The minimum Gasteiger partial charge on any atom is -0.454 e. The molecule has 1 amide bonds. The highest BCUT2D eigenvalue weighted by Gasteiger charge is 2.20. The van der Waals surface area contributed by atoms with E-state index in [1.165, 1.54) is 11.8 Å². The first-order valence-electron chi connectivity index (χ1n) is 8.04. The number of carbonyl (C=O) groups excluding carboxylic acids is 1. The van der Waals surface area contributed by atoms with Gasteiger partial charge in [-0.3, -0.25) is 9.36 Å². The molecule has 0 bridgehead atoms. The van der Waals surface area contributed by atoms with E-state index in [0.29, 0.717) is 22.5 Å². The maximum absolute atomic E-state index is 11.0. The molecule has 3 aromatic rings. The summed E-state index contributed by atoms with van der Waals surface area (Å²) in [4.78, 5) is 11.0. The van der Waals surface area contributed by atoms with Gasteiger partial charge in [0.25, 0.3) is 0 Å². The molecular weight excluding hydrogens is 352 g/mol. The Balaban J connectivity index is 1.74. The molecule has 4 rings (SSSR count). The molecule has 1 aromatic heterocycles. The number of hydrogen-bond donors (Lipinski definition) is 1. The van der Waals surface area contributed by atoms with Gasteiger partial charge in [-0.2, -0.15) is 0 Å². The Bertz CT molecular complexity index is 943. The van der Waals surface area contributed by atoms with Crippen LogP contribution in [-0.2, 0) is 4.79 Å². The third-order valence-electron chi connectivity index (χ3n) is 3.86. The summed E-state index contributed by atoms with van der Waals surface area (Å²) in [5.74, 6) is 2.31. The minimum absolute atomic E-state index is 0.221. The molecule has 7 nitrogen and oxygen atoms in total. The van der Waals surface area contributed by atoms with Crippen LogP contribution in [0.3, 0.4) is 0 Å². The fourth-order valence-electron chi connectivity index (χ4n) is 2.64. The quantitative estimate of drug-likeness (QED) is 0.673. The SMILES string of the molecule is NC(=O)CCSc1nnc(-c2ccc3c(c2)OCO3)n1-c1ccccc1. The van der Waals surface area contributed by atoms with Gasteiger partial charge in [0.05, 0.1) is 0 Å². The lowest BCUT2D eigenvalue weighted by Gasteiger charge is -2.10. The Hall–Kier alpha value is -3.00. The molecule has 2 N–H and O–H groups in total. The molecule has 1 aliphatic rings. The van der Waals surface area contributed by atoms with Crippen LogP contribution in [0.1, 0.15) is 6.42 Å². The number of fused-ring (bicyclic) bond motifs is 1. The zero-order chi connectivity index (χ0) is 17.9. The van der Waals surface area contributed by atoms with E-state index in [0.717, 1.165) is 17.0 Å². The van der Waals surface area contributed by atoms with Crippen molar-refractivity contribution in [1.29, 1.82) is 0 Å². The van der Waals surface area contributed by atoms with Crippen LogP contribution in [0.5, 0.6) is 11.5 Å². The van der Waals surface area contributed by atoms with E-state index in [4.69, 9.17) is 15.2 Å². The fourth-order valence-corrected chi connectivity index (χ4v) is 3.54. The maximum atomic E-state index is 11.0. The van der Waals surface area contributed by atoms with Crippen molar-refractivity contribution in [2.75, 3.05) is 12.5 Å². The first kappa shape index (κ1) is 16.5. The van der Waals surface area contributed by atoms with Crippen molar-refractivity contribution in [3.63, 3.8) is 0 Å². The van der Waals surface area contributed by atoms with Crippen molar-refractivity contribution < 1.29 is 14.3 Å². The highest BCUT2D eigenvalue weighted by molar-refractivity contribution is 7.99. The summed E-state index contributed by atoms with van der Waals surface area (Å²) in [6.07, 6.45) is 0.283. The van der Waals surface area contributed by atoms with Crippen molar-refractivity contribution in [2.24, 2.45) is 5.73 Å². The van der Waals surface area contributed by atoms with Gasteiger partial charge in [0.15, 0.2) is 22.5 Å². The number of benzene rings is 2. The van der Waals surface area contributed by atoms with Gasteiger partial charge in [-0.1, -0.05) is 30.0 Å². The number of rotatable bonds is 6. The lowest BCUT2D eigenvalue weighted by molar-refractivity contribution is -0.117. The van der Waals surface area contributed by atoms with E-state index in [-0.39, 0.29) is 19.1 Å². The van der Waals surface area contributed by atoms with E-state index in [1.54, 1.807) is 0 Å². The standard InChI is InChI=1S/C18H16N4O3S/c19-16(23)8-9-26-18-21-20-17(22(18)13-4-2-1-3-5-13)12-6-7-14-15(10-12)25-11-24-14/h1-7,10H,8-9,11H2,(H2,19,23). The molecule has 0 atom stereocenters. The summed E-state index contributed by atoms with van der Waals surface area (Å²) in [7, 11) is 0. The largest absolute Gasteiger partial charge is 0.454 e.